The summed E-state index contributed by atoms with van der Waals surface area (Å²) in [6.07, 6.45) is -0.111. The number of carbonyl (C=O) groups is 2. The van der Waals surface area contributed by atoms with Crippen LogP contribution in [0.3, 0.4) is 0 Å². The van der Waals surface area contributed by atoms with E-state index in [2.05, 4.69) is 4.98 Å². The minimum Gasteiger partial charge on any atom is -0.480 e. The summed E-state index contributed by atoms with van der Waals surface area (Å²) < 4.78 is 5.14. The fourth-order valence-electron chi connectivity index (χ4n) is 2.69. The van der Waals surface area contributed by atoms with E-state index >= 15 is 0 Å². The Kier molecular flexibility index (Phi) is 4.13. The van der Waals surface area contributed by atoms with E-state index in [1.54, 1.807) is 19.9 Å². The molecule has 1 aromatic rings. The van der Waals surface area contributed by atoms with Crippen molar-refractivity contribution in [2.75, 3.05) is 13.7 Å². The van der Waals surface area contributed by atoms with Gasteiger partial charge in [-0.1, -0.05) is 0 Å². The zero-order valence-corrected chi connectivity index (χ0v) is 12.2. The van der Waals surface area contributed by atoms with E-state index in [0.717, 1.165) is 0 Å². The number of H-pyrrole nitrogens is 1. The molecule has 1 amide bonds. The van der Waals surface area contributed by atoms with Crippen LogP contribution in [0.15, 0.2) is 10.9 Å². The molecule has 2 unspecified atom stereocenters. The lowest BCUT2D eigenvalue weighted by atomic mass is 10.1. The van der Waals surface area contributed by atoms with Crippen molar-refractivity contribution in [1.29, 1.82) is 0 Å². The predicted molar refractivity (Wildman–Crippen MR) is 74.4 cm³/mol. The standard InChI is InChI=1S/C14H18N2O5/c1-7-4-8(2)15-12(17)11(7)13(18)16-6-9(21-3)5-10(16)14(19)20/h4,9-10H,5-6H2,1-3H3,(H,15,17)(H,19,20). The zero-order chi connectivity index (χ0) is 15.7. The summed E-state index contributed by atoms with van der Waals surface area (Å²) in [5.41, 5.74) is 0.678. The molecule has 0 aromatic carbocycles. The Labute approximate surface area is 121 Å². The van der Waals surface area contributed by atoms with E-state index in [1.807, 2.05) is 0 Å². The number of aryl methyl sites for hydroxylation is 2. The molecule has 2 N–H and O–H groups in total. The monoisotopic (exact) mass is 294 g/mol. The molecule has 0 spiro atoms. The highest BCUT2D eigenvalue weighted by molar-refractivity contribution is 5.97. The van der Waals surface area contributed by atoms with Gasteiger partial charge >= 0.3 is 5.97 Å². The molecule has 1 fully saturated rings. The minimum atomic E-state index is -1.09. The van der Waals surface area contributed by atoms with Crippen molar-refractivity contribution in [3.05, 3.63) is 33.2 Å². The molecule has 21 heavy (non-hydrogen) atoms. The van der Waals surface area contributed by atoms with Crippen molar-refractivity contribution in [3.8, 4) is 0 Å². The van der Waals surface area contributed by atoms with Crippen molar-refractivity contribution < 1.29 is 19.4 Å². The highest BCUT2D eigenvalue weighted by Crippen LogP contribution is 2.22. The fraction of sp³-hybridized carbons (Fsp3) is 0.500. The van der Waals surface area contributed by atoms with Gasteiger partial charge in [0.2, 0.25) is 0 Å². The number of carboxylic acids is 1. The van der Waals surface area contributed by atoms with E-state index in [4.69, 9.17) is 4.74 Å². The minimum absolute atomic E-state index is 0.0106. The molecular formula is C14H18N2O5. The summed E-state index contributed by atoms with van der Waals surface area (Å²) in [6.45, 7) is 3.55. The molecule has 0 saturated carbocycles. The first-order chi connectivity index (χ1) is 9.85. The molecular weight excluding hydrogens is 276 g/mol. The molecule has 1 aromatic heterocycles. The van der Waals surface area contributed by atoms with Gasteiger partial charge in [0.1, 0.15) is 11.6 Å². The summed E-state index contributed by atoms with van der Waals surface area (Å²) >= 11 is 0. The van der Waals surface area contributed by atoms with Crippen LogP contribution in [0.5, 0.6) is 0 Å². The summed E-state index contributed by atoms with van der Waals surface area (Å²) in [7, 11) is 1.47. The number of rotatable bonds is 3. The predicted octanol–water partition coefficient (Wildman–Crippen LogP) is 0.306. The van der Waals surface area contributed by atoms with Gasteiger partial charge in [0, 0.05) is 25.8 Å². The number of pyridine rings is 1. The molecule has 0 radical (unpaired) electrons. The summed E-state index contributed by atoms with van der Waals surface area (Å²) in [6, 6.07) is 0.719. The fourth-order valence-corrected chi connectivity index (χ4v) is 2.69. The van der Waals surface area contributed by atoms with Crippen LogP contribution in [0, 0.1) is 13.8 Å². The molecule has 1 aliphatic rings. The molecule has 2 atom stereocenters. The van der Waals surface area contributed by atoms with Gasteiger partial charge in [-0.05, 0) is 25.5 Å². The van der Waals surface area contributed by atoms with E-state index in [1.165, 1.54) is 12.0 Å². The molecule has 0 aliphatic carbocycles. The van der Waals surface area contributed by atoms with Crippen LogP contribution in [0.4, 0.5) is 0 Å². The Morgan fingerprint density at radius 2 is 2.10 bits per heavy atom. The van der Waals surface area contributed by atoms with Crippen LogP contribution >= 0.6 is 0 Å². The van der Waals surface area contributed by atoms with Crippen LogP contribution in [-0.4, -0.2) is 52.7 Å². The average molecular weight is 294 g/mol. The second-order valence-electron chi connectivity index (χ2n) is 5.24. The SMILES string of the molecule is COC1CC(C(=O)O)N(C(=O)c2c(C)cc(C)[nH]c2=O)C1. The first kappa shape index (κ1) is 15.2. The maximum Gasteiger partial charge on any atom is 0.326 e. The van der Waals surface area contributed by atoms with E-state index in [9.17, 15) is 19.5 Å². The quantitative estimate of drug-likeness (QED) is 0.835. The second-order valence-corrected chi connectivity index (χ2v) is 5.24. The van der Waals surface area contributed by atoms with Crippen LogP contribution in [-0.2, 0) is 9.53 Å². The molecule has 114 valence electrons. The Bertz CT molecular complexity index is 637. The third kappa shape index (κ3) is 2.82. The van der Waals surface area contributed by atoms with Crippen molar-refractivity contribution in [1.82, 2.24) is 9.88 Å². The summed E-state index contributed by atoms with van der Waals surface area (Å²) in [5.74, 6) is -1.66. The topological polar surface area (TPSA) is 99.7 Å². The number of aliphatic carboxylic acids is 1. The number of hydrogen-bond donors (Lipinski definition) is 2. The first-order valence-corrected chi connectivity index (χ1v) is 6.62. The Morgan fingerprint density at radius 3 is 2.62 bits per heavy atom. The lowest BCUT2D eigenvalue weighted by molar-refractivity contribution is -0.141. The lowest BCUT2D eigenvalue weighted by Gasteiger charge is -2.21. The molecule has 1 saturated heterocycles. The number of hydrogen-bond acceptors (Lipinski definition) is 4. The highest BCUT2D eigenvalue weighted by atomic mass is 16.5. The van der Waals surface area contributed by atoms with Gasteiger partial charge in [-0.3, -0.25) is 9.59 Å². The number of nitrogens with one attached hydrogen (secondary N) is 1. The van der Waals surface area contributed by atoms with Gasteiger partial charge in [-0.15, -0.1) is 0 Å². The second kappa shape index (κ2) is 5.69. The number of ether oxygens (including phenoxy) is 1. The van der Waals surface area contributed by atoms with Gasteiger partial charge in [0.25, 0.3) is 11.5 Å². The van der Waals surface area contributed by atoms with E-state index in [0.29, 0.717) is 11.3 Å². The molecule has 7 heteroatoms. The number of likely N-dealkylation sites (tertiary alicyclic amines) is 1. The normalized spacial score (nSPS) is 21.6. The maximum absolute atomic E-state index is 12.6. The molecule has 2 rings (SSSR count). The molecule has 7 nitrogen and oxygen atoms in total. The van der Waals surface area contributed by atoms with E-state index in [-0.39, 0.29) is 24.6 Å². The van der Waals surface area contributed by atoms with Gasteiger partial charge in [-0.2, -0.15) is 0 Å². The largest absolute Gasteiger partial charge is 0.480 e. The summed E-state index contributed by atoms with van der Waals surface area (Å²) in [4.78, 5) is 39.6. The maximum atomic E-state index is 12.6. The zero-order valence-electron chi connectivity index (χ0n) is 12.2. The highest BCUT2D eigenvalue weighted by Gasteiger charge is 2.41. The van der Waals surface area contributed by atoms with E-state index < -0.39 is 23.5 Å². The number of carbonyl (C=O) groups excluding carboxylic acids is 1. The Morgan fingerprint density at radius 1 is 1.43 bits per heavy atom. The average Bonchev–Trinajstić information content (AvgIpc) is 2.81. The number of amides is 1. The third-order valence-corrected chi connectivity index (χ3v) is 3.72. The van der Waals surface area contributed by atoms with Gasteiger partial charge < -0.3 is 19.7 Å². The van der Waals surface area contributed by atoms with Crippen molar-refractivity contribution in [3.63, 3.8) is 0 Å². The van der Waals surface area contributed by atoms with Crippen molar-refractivity contribution in [2.45, 2.75) is 32.4 Å². The molecule has 2 heterocycles. The van der Waals surface area contributed by atoms with Gasteiger partial charge in [0.15, 0.2) is 0 Å². The number of nitrogens with zero attached hydrogens (tertiary/aromatic N) is 1. The van der Waals surface area contributed by atoms with Crippen LogP contribution in [0.25, 0.3) is 0 Å². The van der Waals surface area contributed by atoms with Crippen LogP contribution in [0.2, 0.25) is 0 Å². The molecule has 0 bridgehead atoms. The van der Waals surface area contributed by atoms with Crippen LogP contribution < -0.4 is 5.56 Å². The number of aromatic nitrogens is 1. The van der Waals surface area contributed by atoms with Gasteiger partial charge in [0.05, 0.1) is 6.10 Å². The first-order valence-electron chi connectivity index (χ1n) is 6.62. The Hall–Kier alpha value is -2.15. The number of carboxylic acid groups (broad SMARTS) is 1. The van der Waals surface area contributed by atoms with Crippen molar-refractivity contribution in [2.24, 2.45) is 0 Å². The third-order valence-electron chi connectivity index (χ3n) is 3.72. The smallest absolute Gasteiger partial charge is 0.326 e. The van der Waals surface area contributed by atoms with Gasteiger partial charge in [-0.25, -0.2) is 4.79 Å². The summed E-state index contributed by atoms with van der Waals surface area (Å²) in [5, 5.41) is 9.24. The van der Waals surface area contributed by atoms with Crippen LogP contribution in [0.1, 0.15) is 28.0 Å². The Balaban J connectivity index is 2.39. The molecule has 1 aliphatic heterocycles. The number of aromatic amines is 1. The van der Waals surface area contributed by atoms with Crippen molar-refractivity contribution >= 4 is 11.9 Å². The number of methoxy groups -OCH3 is 1. The lowest BCUT2D eigenvalue weighted by Crippen LogP contribution is -2.43.